The second-order valence-corrected chi connectivity index (χ2v) is 8.08. The highest BCUT2D eigenvalue weighted by atomic mass is 16.3. The Bertz CT molecular complexity index is 643. The van der Waals surface area contributed by atoms with Crippen molar-refractivity contribution < 1.29 is 14.7 Å². The fourth-order valence-electron chi connectivity index (χ4n) is 4.39. The van der Waals surface area contributed by atoms with Crippen LogP contribution in [0.2, 0.25) is 0 Å². The topological polar surface area (TPSA) is 72.9 Å². The number of piperazine rings is 1. The van der Waals surface area contributed by atoms with Gasteiger partial charge in [0, 0.05) is 38.6 Å². The fraction of sp³-hybridized carbons (Fsp3) is 0.619. The van der Waals surface area contributed by atoms with E-state index in [2.05, 4.69) is 10.2 Å². The summed E-state index contributed by atoms with van der Waals surface area (Å²) >= 11 is 0. The van der Waals surface area contributed by atoms with Crippen molar-refractivity contribution in [3.05, 3.63) is 35.9 Å². The lowest BCUT2D eigenvalue weighted by atomic mass is 9.86. The Kier molecular flexibility index (Phi) is 6.50. The summed E-state index contributed by atoms with van der Waals surface area (Å²) in [6.07, 6.45) is 4.32. The average molecular weight is 373 g/mol. The molecule has 3 rings (SSSR count). The molecular formula is C21H31N3O3. The summed E-state index contributed by atoms with van der Waals surface area (Å²) in [5.41, 5.74) is 0.978. The molecule has 0 bridgehead atoms. The van der Waals surface area contributed by atoms with Gasteiger partial charge in [-0.05, 0) is 18.4 Å². The van der Waals surface area contributed by atoms with Crippen LogP contribution in [0.5, 0.6) is 0 Å². The Balaban J connectivity index is 1.63. The maximum Gasteiger partial charge on any atom is 0.237 e. The maximum absolute atomic E-state index is 12.8. The summed E-state index contributed by atoms with van der Waals surface area (Å²) < 4.78 is 0. The highest BCUT2D eigenvalue weighted by molar-refractivity contribution is 5.88. The highest BCUT2D eigenvalue weighted by Crippen LogP contribution is 2.38. The smallest absolute Gasteiger partial charge is 0.237 e. The van der Waals surface area contributed by atoms with Gasteiger partial charge < -0.3 is 15.3 Å². The van der Waals surface area contributed by atoms with E-state index in [4.69, 9.17) is 0 Å². The molecule has 1 heterocycles. The quantitative estimate of drug-likeness (QED) is 0.758. The van der Waals surface area contributed by atoms with Crippen molar-refractivity contribution in [1.82, 2.24) is 15.1 Å². The molecule has 0 aromatic heterocycles. The molecule has 1 atom stereocenters. The monoisotopic (exact) mass is 373 g/mol. The zero-order valence-corrected chi connectivity index (χ0v) is 16.2. The molecule has 6 heteroatoms. The minimum Gasteiger partial charge on any atom is -0.396 e. The van der Waals surface area contributed by atoms with Gasteiger partial charge in [-0.15, -0.1) is 0 Å². The Labute approximate surface area is 161 Å². The molecule has 0 unspecified atom stereocenters. The molecule has 1 aromatic carbocycles. The van der Waals surface area contributed by atoms with Crippen LogP contribution in [-0.4, -0.2) is 66.1 Å². The van der Waals surface area contributed by atoms with Crippen LogP contribution in [0.3, 0.4) is 0 Å². The summed E-state index contributed by atoms with van der Waals surface area (Å²) in [5.74, 6) is -0.105. The van der Waals surface area contributed by atoms with Crippen molar-refractivity contribution >= 4 is 11.8 Å². The summed E-state index contributed by atoms with van der Waals surface area (Å²) in [6, 6.07) is 9.60. The first kappa shape index (κ1) is 19.8. The Morgan fingerprint density at radius 2 is 2.00 bits per heavy atom. The first-order chi connectivity index (χ1) is 13.0. The van der Waals surface area contributed by atoms with Crippen LogP contribution in [0.4, 0.5) is 0 Å². The highest BCUT2D eigenvalue weighted by Gasteiger charge is 2.37. The van der Waals surface area contributed by atoms with Gasteiger partial charge in [-0.3, -0.25) is 14.5 Å². The molecule has 1 aromatic rings. The molecule has 148 valence electrons. The van der Waals surface area contributed by atoms with Crippen LogP contribution < -0.4 is 5.32 Å². The number of carbonyl (C=O) groups is 2. The van der Waals surface area contributed by atoms with Crippen LogP contribution in [0.1, 0.15) is 37.7 Å². The number of rotatable bonds is 7. The van der Waals surface area contributed by atoms with Crippen molar-refractivity contribution in [1.29, 1.82) is 0 Å². The third-order valence-corrected chi connectivity index (χ3v) is 6.04. The first-order valence-corrected chi connectivity index (χ1v) is 9.93. The molecule has 2 fully saturated rings. The van der Waals surface area contributed by atoms with E-state index in [1.807, 2.05) is 30.3 Å². The number of hydrogen-bond acceptors (Lipinski definition) is 4. The van der Waals surface area contributed by atoms with Gasteiger partial charge in [0.15, 0.2) is 0 Å². The van der Waals surface area contributed by atoms with Gasteiger partial charge in [-0.25, -0.2) is 0 Å². The molecule has 1 saturated heterocycles. The summed E-state index contributed by atoms with van der Waals surface area (Å²) in [6.45, 7) is 2.70. The molecule has 2 aliphatic rings. The molecule has 27 heavy (non-hydrogen) atoms. The van der Waals surface area contributed by atoms with Crippen molar-refractivity contribution in [3.63, 3.8) is 0 Å². The largest absolute Gasteiger partial charge is 0.396 e. The molecule has 2 amide bonds. The number of aliphatic hydroxyl groups is 1. The standard InChI is InChI=1S/C21H31N3O3/c1-23(15-21(16-25)9-5-6-10-21)19(26)13-18-20(27)22-11-12-24(18)14-17-7-3-2-4-8-17/h2-4,7-8,18,25H,5-6,9-16H2,1H3,(H,22,27)/t18-/m1/s1. The number of amides is 2. The SMILES string of the molecule is CN(CC1(CO)CCCC1)C(=O)C[C@@H]1C(=O)NCCN1Cc1ccccc1. The summed E-state index contributed by atoms with van der Waals surface area (Å²) in [4.78, 5) is 29.1. The summed E-state index contributed by atoms with van der Waals surface area (Å²) in [5, 5.41) is 12.7. The Morgan fingerprint density at radius 1 is 1.30 bits per heavy atom. The zero-order valence-electron chi connectivity index (χ0n) is 16.2. The third-order valence-electron chi connectivity index (χ3n) is 6.04. The minimum atomic E-state index is -0.442. The molecule has 1 saturated carbocycles. The van der Waals surface area contributed by atoms with Crippen molar-refractivity contribution in [3.8, 4) is 0 Å². The second-order valence-electron chi connectivity index (χ2n) is 8.08. The summed E-state index contributed by atoms with van der Waals surface area (Å²) in [7, 11) is 1.79. The van der Waals surface area contributed by atoms with E-state index in [0.717, 1.165) is 37.8 Å². The molecule has 6 nitrogen and oxygen atoms in total. The lowest BCUT2D eigenvalue weighted by molar-refractivity contribution is -0.139. The van der Waals surface area contributed by atoms with Gasteiger partial charge in [0.1, 0.15) is 0 Å². The molecule has 0 radical (unpaired) electrons. The van der Waals surface area contributed by atoms with E-state index in [-0.39, 0.29) is 30.3 Å². The van der Waals surface area contributed by atoms with E-state index in [0.29, 0.717) is 19.6 Å². The van der Waals surface area contributed by atoms with Crippen LogP contribution >= 0.6 is 0 Å². The Morgan fingerprint density at radius 3 is 2.67 bits per heavy atom. The lowest BCUT2D eigenvalue weighted by Gasteiger charge is -2.36. The average Bonchev–Trinajstić information content (AvgIpc) is 3.14. The normalized spacial score (nSPS) is 22.4. The van der Waals surface area contributed by atoms with E-state index >= 15 is 0 Å². The van der Waals surface area contributed by atoms with E-state index in [9.17, 15) is 14.7 Å². The van der Waals surface area contributed by atoms with Gasteiger partial charge in [-0.2, -0.15) is 0 Å². The number of aliphatic hydroxyl groups excluding tert-OH is 1. The van der Waals surface area contributed by atoms with Gasteiger partial charge >= 0.3 is 0 Å². The lowest BCUT2D eigenvalue weighted by Crippen LogP contribution is -2.56. The zero-order chi connectivity index (χ0) is 19.3. The van der Waals surface area contributed by atoms with Gasteiger partial charge in [0.25, 0.3) is 0 Å². The van der Waals surface area contributed by atoms with Crippen LogP contribution in [-0.2, 0) is 16.1 Å². The van der Waals surface area contributed by atoms with Crippen LogP contribution in [0, 0.1) is 5.41 Å². The van der Waals surface area contributed by atoms with Crippen molar-refractivity contribution in [2.45, 2.75) is 44.7 Å². The second kappa shape index (κ2) is 8.85. The fourth-order valence-corrected chi connectivity index (χ4v) is 4.39. The minimum absolute atomic E-state index is 0.0326. The number of hydrogen-bond donors (Lipinski definition) is 2. The molecular weight excluding hydrogens is 342 g/mol. The van der Waals surface area contributed by atoms with Crippen molar-refractivity contribution in [2.24, 2.45) is 5.41 Å². The molecule has 1 aliphatic carbocycles. The maximum atomic E-state index is 12.8. The predicted molar refractivity (Wildman–Crippen MR) is 104 cm³/mol. The van der Waals surface area contributed by atoms with Crippen LogP contribution in [0.15, 0.2) is 30.3 Å². The van der Waals surface area contributed by atoms with Gasteiger partial charge in [0.2, 0.25) is 11.8 Å². The van der Waals surface area contributed by atoms with Gasteiger partial charge in [-0.1, -0.05) is 43.2 Å². The third kappa shape index (κ3) is 4.87. The van der Waals surface area contributed by atoms with Gasteiger partial charge in [0.05, 0.1) is 19.1 Å². The van der Waals surface area contributed by atoms with E-state index in [1.54, 1.807) is 11.9 Å². The predicted octanol–water partition coefficient (Wildman–Crippen LogP) is 1.39. The van der Waals surface area contributed by atoms with Crippen molar-refractivity contribution in [2.75, 3.05) is 33.3 Å². The number of nitrogens with zero attached hydrogens (tertiary/aromatic N) is 2. The number of nitrogens with one attached hydrogen (secondary N) is 1. The first-order valence-electron chi connectivity index (χ1n) is 9.93. The molecule has 1 aliphatic heterocycles. The van der Waals surface area contributed by atoms with E-state index in [1.165, 1.54) is 0 Å². The van der Waals surface area contributed by atoms with Crippen LogP contribution in [0.25, 0.3) is 0 Å². The van der Waals surface area contributed by atoms with E-state index < -0.39 is 6.04 Å². The molecule has 2 N–H and O–H groups in total. The number of benzene rings is 1. The Hall–Kier alpha value is -1.92. The number of carbonyl (C=O) groups excluding carboxylic acids is 2. The molecule has 0 spiro atoms.